The number of benzene rings is 1. The molecule has 0 saturated carbocycles. The first-order valence-electron chi connectivity index (χ1n) is 5.92. The average Bonchev–Trinajstić information content (AvgIpc) is 2.75. The molecule has 94 valence electrons. The van der Waals surface area contributed by atoms with Crippen LogP contribution in [0.5, 0.6) is 0 Å². The maximum atomic E-state index is 11.9. The zero-order chi connectivity index (χ0) is 13.0. The van der Waals surface area contributed by atoms with Crippen LogP contribution >= 0.6 is 11.3 Å². The van der Waals surface area contributed by atoms with Gasteiger partial charge in [0.05, 0.1) is 0 Å². The van der Waals surface area contributed by atoms with Gasteiger partial charge in [0.25, 0.3) is 0 Å². The van der Waals surface area contributed by atoms with Crippen LogP contribution in [0.1, 0.15) is 29.7 Å². The molecule has 0 unspecified atom stereocenters. The number of anilines is 1. The van der Waals surface area contributed by atoms with Crippen molar-refractivity contribution in [1.82, 2.24) is 4.98 Å². The van der Waals surface area contributed by atoms with Gasteiger partial charge in [0.15, 0.2) is 5.13 Å². The summed E-state index contributed by atoms with van der Waals surface area (Å²) in [6.07, 6.45) is 2.24. The van der Waals surface area contributed by atoms with Gasteiger partial charge < -0.3 is 5.32 Å². The number of nitrogens with one attached hydrogen (secondary N) is 1. The van der Waals surface area contributed by atoms with Crippen LogP contribution in [0.2, 0.25) is 0 Å². The van der Waals surface area contributed by atoms with Gasteiger partial charge in [0.2, 0.25) is 5.91 Å². The lowest BCUT2D eigenvalue weighted by molar-refractivity contribution is -0.116. The van der Waals surface area contributed by atoms with Crippen molar-refractivity contribution in [3.05, 3.63) is 47.0 Å². The molecule has 3 nitrogen and oxygen atoms in total. The van der Waals surface area contributed by atoms with Crippen molar-refractivity contribution in [3.63, 3.8) is 0 Å². The number of thiazole rings is 1. The lowest BCUT2D eigenvalue weighted by Gasteiger charge is -2.10. The third-order valence-corrected chi connectivity index (χ3v) is 3.56. The van der Waals surface area contributed by atoms with Crippen LogP contribution in [-0.2, 0) is 4.79 Å². The Morgan fingerprint density at radius 2 is 2.11 bits per heavy atom. The Balaban J connectivity index is 1.92. The summed E-state index contributed by atoms with van der Waals surface area (Å²) in [7, 11) is 0. The number of carbonyl (C=O) groups excluding carboxylic acids is 1. The highest BCUT2D eigenvalue weighted by molar-refractivity contribution is 7.15. The molecule has 2 aromatic rings. The Labute approximate surface area is 111 Å². The Morgan fingerprint density at radius 1 is 1.39 bits per heavy atom. The van der Waals surface area contributed by atoms with E-state index in [1.165, 1.54) is 16.9 Å². The number of hydrogen-bond acceptors (Lipinski definition) is 3. The van der Waals surface area contributed by atoms with E-state index in [0.29, 0.717) is 11.6 Å². The van der Waals surface area contributed by atoms with Crippen LogP contribution in [0.15, 0.2) is 36.5 Å². The molecule has 0 radical (unpaired) electrons. The van der Waals surface area contributed by atoms with Crippen molar-refractivity contribution in [2.75, 3.05) is 5.32 Å². The lowest BCUT2D eigenvalue weighted by atomic mass is 9.98. The fourth-order valence-electron chi connectivity index (χ4n) is 1.76. The molecule has 1 heterocycles. The van der Waals surface area contributed by atoms with E-state index in [1.807, 2.05) is 37.3 Å². The molecule has 1 N–H and O–H groups in total. The fraction of sp³-hybridized carbons (Fsp3) is 0.286. The van der Waals surface area contributed by atoms with E-state index in [9.17, 15) is 4.79 Å². The maximum absolute atomic E-state index is 11.9. The first-order valence-corrected chi connectivity index (χ1v) is 6.74. The first kappa shape index (κ1) is 12.8. The van der Waals surface area contributed by atoms with Gasteiger partial charge in [-0.25, -0.2) is 4.98 Å². The molecule has 0 aliphatic heterocycles. The number of carbonyl (C=O) groups is 1. The van der Waals surface area contributed by atoms with Crippen molar-refractivity contribution in [1.29, 1.82) is 0 Å². The topological polar surface area (TPSA) is 42.0 Å². The monoisotopic (exact) mass is 260 g/mol. The van der Waals surface area contributed by atoms with Gasteiger partial charge >= 0.3 is 0 Å². The SMILES string of the molecule is Cc1cnc(NC(=O)C[C@H](C)c2ccccc2)s1. The smallest absolute Gasteiger partial charge is 0.226 e. The molecule has 1 aromatic heterocycles. The van der Waals surface area contributed by atoms with Gasteiger partial charge in [-0.1, -0.05) is 37.3 Å². The Hall–Kier alpha value is -1.68. The number of amides is 1. The zero-order valence-electron chi connectivity index (χ0n) is 10.5. The number of aryl methyl sites for hydroxylation is 1. The summed E-state index contributed by atoms with van der Waals surface area (Å²) in [5, 5.41) is 3.51. The molecule has 1 aromatic carbocycles. The molecular weight excluding hydrogens is 244 g/mol. The third-order valence-electron chi connectivity index (χ3n) is 2.73. The first-order chi connectivity index (χ1) is 8.65. The molecule has 0 bridgehead atoms. The Bertz CT molecular complexity index is 522. The second kappa shape index (κ2) is 5.78. The van der Waals surface area contributed by atoms with Crippen molar-refractivity contribution in [2.24, 2.45) is 0 Å². The third kappa shape index (κ3) is 3.40. The van der Waals surface area contributed by atoms with Crippen LogP contribution in [0.4, 0.5) is 5.13 Å². The molecule has 1 atom stereocenters. The predicted octanol–water partition coefficient (Wildman–Crippen LogP) is 3.58. The normalized spacial score (nSPS) is 12.1. The molecule has 18 heavy (non-hydrogen) atoms. The molecule has 0 fully saturated rings. The molecule has 2 rings (SSSR count). The lowest BCUT2D eigenvalue weighted by Crippen LogP contribution is -2.14. The number of nitrogens with zero attached hydrogens (tertiary/aromatic N) is 1. The minimum atomic E-state index is 0.0145. The highest BCUT2D eigenvalue weighted by atomic mass is 32.1. The Morgan fingerprint density at radius 3 is 2.72 bits per heavy atom. The summed E-state index contributed by atoms with van der Waals surface area (Å²) in [5.41, 5.74) is 1.18. The molecule has 0 aliphatic carbocycles. The van der Waals surface area contributed by atoms with Crippen LogP contribution < -0.4 is 5.32 Å². The van der Waals surface area contributed by atoms with Crippen molar-refractivity contribution >= 4 is 22.4 Å². The molecule has 0 aliphatic rings. The van der Waals surface area contributed by atoms with Crippen LogP contribution in [0, 0.1) is 6.92 Å². The molecule has 0 saturated heterocycles. The quantitative estimate of drug-likeness (QED) is 0.913. The van der Waals surface area contributed by atoms with Crippen molar-refractivity contribution in [2.45, 2.75) is 26.2 Å². The maximum Gasteiger partial charge on any atom is 0.226 e. The van der Waals surface area contributed by atoms with E-state index in [0.717, 1.165) is 4.88 Å². The van der Waals surface area contributed by atoms with Crippen molar-refractivity contribution in [3.8, 4) is 0 Å². The largest absolute Gasteiger partial charge is 0.302 e. The number of aromatic nitrogens is 1. The summed E-state index contributed by atoms with van der Waals surface area (Å²) < 4.78 is 0. The summed E-state index contributed by atoms with van der Waals surface area (Å²) in [6, 6.07) is 10.1. The summed E-state index contributed by atoms with van der Waals surface area (Å²) in [4.78, 5) is 17.1. The second-order valence-electron chi connectivity index (χ2n) is 4.34. The highest BCUT2D eigenvalue weighted by Crippen LogP contribution is 2.21. The van der Waals surface area contributed by atoms with E-state index in [1.54, 1.807) is 6.20 Å². The molecular formula is C14H16N2OS. The molecule has 0 spiro atoms. The van der Waals surface area contributed by atoms with E-state index in [2.05, 4.69) is 17.2 Å². The number of rotatable bonds is 4. The minimum Gasteiger partial charge on any atom is -0.302 e. The van der Waals surface area contributed by atoms with Gasteiger partial charge in [0.1, 0.15) is 0 Å². The van der Waals surface area contributed by atoms with E-state index in [-0.39, 0.29) is 11.8 Å². The van der Waals surface area contributed by atoms with E-state index < -0.39 is 0 Å². The van der Waals surface area contributed by atoms with Crippen LogP contribution in [-0.4, -0.2) is 10.9 Å². The molecule has 1 amide bonds. The minimum absolute atomic E-state index is 0.0145. The van der Waals surface area contributed by atoms with Crippen LogP contribution in [0.25, 0.3) is 0 Å². The van der Waals surface area contributed by atoms with E-state index >= 15 is 0 Å². The Kier molecular flexibility index (Phi) is 4.10. The standard InChI is InChI=1S/C14H16N2OS/c1-10(12-6-4-3-5-7-12)8-13(17)16-14-15-9-11(2)18-14/h3-7,9-10H,8H2,1-2H3,(H,15,16,17)/t10-/m0/s1. The molecule has 4 heteroatoms. The summed E-state index contributed by atoms with van der Waals surface area (Å²) in [5.74, 6) is 0.230. The van der Waals surface area contributed by atoms with Gasteiger partial charge in [-0.3, -0.25) is 4.79 Å². The highest BCUT2D eigenvalue weighted by Gasteiger charge is 2.12. The van der Waals surface area contributed by atoms with E-state index in [4.69, 9.17) is 0 Å². The van der Waals surface area contributed by atoms with Crippen LogP contribution in [0.3, 0.4) is 0 Å². The van der Waals surface area contributed by atoms with Gasteiger partial charge in [-0.2, -0.15) is 0 Å². The summed E-state index contributed by atoms with van der Waals surface area (Å²) in [6.45, 7) is 4.03. The second-order valence-corrected chi connectivity index (χ2v) is 5.57. The van der Waals surface area contributed by atoms with Gasteiger partial charge in [0, 0.05) is 17.5 Å². The van der Waals surface area contributed by atoms with Gasteiger partial charge in [-0.15, -0.1) is 11.3 Å². The fourth-order valence-corrected chi connectivity index (χ4v) is 2.44. The zero-order valence-corrected chi connectivity index (χ0v) is 11.3. The average molecular weight is 260 g/mol. The van der Waals surface area contributed by atoms with Gasteiger partial charge in [-0.05, 0) is 18.4 Å². The van der Waals surface area contributed by atoms with Crippen molar-refractivity contribution < 1.29 is 4.79 Å². The summed E-state index contributed by atoms with van der Waals surface area (Å²) >= 11 is 1.50. The predicted molar refractivity (Wildman–Crippen MR) is 75.0 cm³/mol. The number of hydrogen-bond donors (Lipinski definition) is 1.